The Hall–Kier alpha value is -2.79. The van der Waals surface area contributed by atoms with Gasteiger partial charge in [0.15, 0.2) is 5.76 Å². The van der Waals surface area contributed by atoms with Crippen molar-refractivity contribution in [3.05, 3.63) is 63.9 Å². The lowest BCUT2D eigenvalue weighted by molar-refractivity contribution is 0.0864. The second kappa shape index (κ2) is 6.74. The molecule has 0 bridgehead atoms. The van der Waals surface area contributed by atoms with E-state index in [-0.39, 0.29) is 5.78 Å². The number of allylic oxidation sites excluding steroid dienone is 2. The number of benzene rings is 2. The van der Waals surface area contributed by atoms with Crippen LogP contribution >= 0.6 is 0 Å². The zero-order valence-electron chi connectivity index (χ0n) is 16.1. The first-order chi connectivity index (χ1) is 13.0. The fourth-order valence-corrected chi connectivity index (χ4v) is 3.67. The second-order valence-electron chi connectivity index (χ2n) is 7.21. The largest absolute Gasteiger partial charge is 0.496 e. The highest BCUT2D eigenvalue weighted by molar-refractivity contribution is 6.14. The molecule has 0 fully saturated rings. The molecule has 2 aliphatic heterocycles. The van der Waals surface area contributed by atoms with E-state index in [2.05, 4.69) is 11.0 Å². The van der Waals surface area contributed by atoms with E-state index in [1.807, 2.05) is 45.0 Å². The Labute approximate surface area is 159 Å². The second-order valence-corrected chi connectivity index (χ2v) is 7.21. The van der Waals surface area contributed by atoms with E-state index in [9.17, 15) is 4.79 Å². The first-order valence-electron chi connectivity index (χ1n) is 9.03. The van der Waals surface area contributed by atoms with Gasteiger partial charge in [0, 0.05) is 18.7 Å². The summed E-state index contributed by atoms with van der Waals surface area (Å²) >= 11 is 0. The molecule has 0 atom stereocenters. The molecule has 0 amide bonds. The Kier molecular flexibility index (Phi) is 4.40. The molecular weight excluding hydrogens is 342 g/mol. The molecule has 0 saturated heterocycles. The number of ketones is 1. The van der Waals surface area contributed by atoms with Crippen LogP contribution in [0.3, 0.4) is 0 Å². The van der Waals surface area contributed by atoms with Crippen LogP contribution < -0.4 is 14.2 Å². The zero-order chi connectivity index (χ0) is 19.1. The highest BCUT2D eigenvalue weighted by Gasteiger charge is 2.36. The van der Waals surface area contributed by atoms with Crippen molar-refractivity contribution in [3.8, 4) is 17.2 Å². The Bertz CT molecular complexity index is 957. The van der Waals surface area contributed by atoms with Gasteiger partial charge in [-0.25, -0.2) is 0 Å². The molecule has 0 aliphatic carbocycles. The maximum atomic E-state index is 12.7. The number of hydrogen-bond donors (Lipinski definition) is 0. The summed E-state index contributed by atoms with van der Waals surface area (Å²) in [4.78, 5) is 14.9. The van der Waals surface area contributed by atoms with E-state index in [0.29, 0.717) is 36.9 Å². The lowest BCUT2D eigenvalue weighted by Crippen LogP contribution is -2.32. The monoisotopic (exact) mass is 365 g/mol. The molecule has 2 aromatic rings. The van der Waals surface area contributed by atoms with E-state index in [1.54, 1.807) is 7.11 Å². The number of aryl methyl sites for hydroxylation is 1. The summed E-state index contributed by atoms with van der Waals surface area (Å²) in [5.41, 5.74) is 4.46. The zero-order valence-corrected chi connectivity index (χ0v) is 16.1. The predicted octanol–water partition coefficient (Wildman–Crippen LogP) is 4.22. The maximum Gasteiger partial charge on any atom is 0.232 e. The molecule has 4 rings (SSSR count). The first-order valence-corrected chi connectivity index (χ1v) is 9.03. The minimum atomic E-state index is -0.0350. The lowest BCUT2D eigenvalue weighted by Gasteiger charge is -2.30. The van der Waals surface area contributed by atoms with Crippen LogP contribution in [-0.2, 0) is 13.1 Å². The van der Waals surface area contributed by atoms with Crippen LogP contribution in [0.1, 0.15) is 40.9 Å². The third-order valence-corrected chi connectivity index (χ3v) is 5.00. The fourth-order valence-electron chi connectivity index (χ4n) is 3.67. The summed E-state index contributed by atoms with van der Waals surface area (Å²) < 4.78 is 17.5. The van der Waals surface area contributed by atoms with Gasteiger partial charge in [-0.05, 0) is 44.0 Å². The molecule has 0 spiro atoms. The molecule has 0 radical (unpaired) electrons. The highest BCUT2D eigenvalue weighted by Crippen LogP contribution is 2.44. The van der Waals surface area contributed by atoms with Gasteiger partial charge in [-0.3, -0.25) is 9.69 Å². The molecule has 0 unspecified atom stereocenters. The molecule has 5 heteroatoms. The maximum absolute atomic E-state index is 12.7. The fraction of sp³-hybridized carbons (Fsp3) is 0.318. The molecule has 2 aliphatic rings. The van der Waals surface area contributed by atoms with E-state index in [0.717, 1.165) is 33.8 Å². The van der Waals surface area contributed by atoms with E-state index < -0.39 is 0 Å². The van der Waals surface area contributed by atoms with Crippen molar-refractivity contribution in [2.24, 2.45) is 0 Å². The SMILES string of the molecule is COc1ccccc1CN1COc2cc(C)c3c(c2C1)OC(=C(C)C)C3=O. The van der Waals surface area contributed by atoms with Crippen LogP contribution in [0.4, 0.5) is 0 Å². The number of Topliss-reactive ketones (excluding diaryl/α,β-unsaturated/α-hetero) is 1. The van der Waals surface area contributed by atoms with Crippen LogP contribution in [0.2, 0.25) is 0 Å². The van der Waals surface area contributed by atoms with Crippen molar-refractivity contribution >= 4 is 5.78 Å². The molecule has 0 N–H and O–H groups in total. The molecule has 5 nitrogen and oxygen atoms in total. The average molecular weight is 365 g/mol. The number of carbonyl (C=O) groups is 1. The van der Waals surface area contributed by atoms with Crippen LogP contribution in [0.25, 0.3) is 0 Å². The number of methoxy groups -OCH3 is 1. The van der Waals surface area contributed by atoms with Gasteiger partial charge in [0.1, 0.15) is 24.0 Å². The number of carbonyl (C=O) groups excluding carboxylic acids is 1. The highest BCUT2D eigenvalue weighted by atomic mass is 16.5. The van der Waals surface area contributed by atoms with Crippen molar-refractivity contribution < 1.29 is 19.0 Å². The number of hydrogen-bond acceptors (Lipinski definition) is 5. The molecule has 0 aromatic heterocycles. The van der Waals surface area contributed by atoms with Gasteiger partial charge < -0.3 is 14.2 Å². The minimum Gasteiger partial charge on any atom is -0.496 e. The van der Waals surface area contributed by atoms with Gasteiger partial charge in [0.05, 0.1) is 18.2 Å². The van der Waals surface area contributed by atoms with Crippen LogP contribution in [0.15, 0.2) is 41.7 Å². The Morgan fingerprint density at radius 2 is 2.04 bits per heavy atom. The molecular formula is C22H23NO4. The van der Waals surface area contributed by atoms with Gasteiger partial charge in [-0.1, -0.05) is 18.2 Å². The van der Waals surface area contributed by atoms with Crippen LogP contribution in [0.5, 0.6) is 17.2 Å². The summed E-state index contributed by atoms with van der Waals surface area (Å²) in [5, 5.41) is 0. The van der Waals surface area contributed by atoms with Gasteiger partial charge >= 0.3 is 0 Å². The topological polar surface area (TPSA) is 48.0 Å². The number of para-hydroxylation sites is 1. The van der Waals surface area contributed by atoms with Crippen molar-refractivity contribution in [1.82, 2.24) is 4.90 Å². The van der Waals surface area contributed by atoms with E-state index in [1.165, 1.54) is 0 Å². The Balaban J connectivity index is 1.68. The molecule has 0 saturated carbocycles. The first kappa shape index (κ1) is 17.6. The number of ether oxygens (including phenoxy) is 3. The standard InChI is InChI=1S/C22H23NO4/c1-13(2)21-20(24)19-14(3)9-18-16(22(19)27-21)11-23(12-26-18)10-15-7-5-6-8-17(15)25-4/h5-9H,10-12H2,1-4H3. The quantitative estimate of drug-likeness (QED) is 0.762. The van der Waals surface area contributed by atoms with E-state index >= 15 is 0 Å². The minimum absolute atomic E-state index is 0.0350. The smallest absolute Gasteiger partial charge is 0.232 e. The third-order valence-electron chi connectivity index (χ3n) is 5.00. The van der Waals surface area contributed by atoms with E-state index in [4.69, 9.17) is 14.2 Å². The summed E-state index contributed by atoms with van der Waals surface area (Å²) in [6.07, 6.45) is 0. The summed E-state index contributed by atoms with van der Waals surface area (Å²) in [5.74, 6) is 2.70. The van der Waals surface area contributed by atoms with Crippen LogP contribution in [0, 0.1) is 6.92 Å². The van der Waals surface area contributed by atoms with Gasteiger partial charge in [0.2, 0.25) is 5.78 Å². The van der Waals surface area contributed by atoms with Crippen LogP contribution in [-0.4, -0.2) is 24.5 Å². The van der Waals surface area contributed by atoms with Gasteiger partial charge in [-0.2, -0.15) is 0 Å². The molecule has 2 aromatic carbocycles. The third kappa shape index (κ3) is 2.98. The average Bonchev–Trinajstić information content (AvgIpc) is 3.01. The van der Waals surface area contributed by atoms with Crippen molar-refractivity contribution in [1.29, 1.82) is 0 Å². The number of rotatable bonds is 3. The normalized spacial score (nSPS) is 15.7. The lowest BCUT2D eigenvalue weighted by atomic mass is 9.98. The molecule has 27 heavy (non-hydrogen) atoms. The van der Waals surface area contributed by atoms with Crippen molar-refractivity contribution in [3.63, 3.8) is 0 Å². The summed E-state index contributed by atoms with van der Waals surface area (Å²) in [6.45, 7) is 7.54. The predicted molar refractivity (Wildman–Crippen MR) is 102 cm³/mol. The van der Waals surface area contributed by atoms with Crippen molar-refractivity contribution in [2.75, 3.05) is 13.8 Å². The summed E-state index contributed by atoms with van der Waals surface area (Å²) in [6, 6.07) is 9.91. The summed E-state index contributed by atoms with van der Waals surface area (Å²) in [7, 11) is 1.68. The molecule has 140 valence electrons. The number of nitrogens with zero attached hydrogens (tertiary/aromatic N) is 1. The molecule has 2 heterocycles. The van der Waals surface area contributed by atoms with Crippen molar-refractivity contribution in [2.45, 2.75) is 33.9 Å². The number of fused-ring (bicyclic) bond motifs is 3. The Morgan fingerprint density at radius 1 is 1.26 bits per heavy atom. The Morgan fingerprint density at radius 3 is 2.78 bits per heavy atom. The van der Waals surface area contributed by atoms with Gasteiger partial charge in [0.25, 0.3) is 0 Å². The van der Waals surface area contributed by atoms with Gasteiger partial charge in [-0.15, -0.1) is 0 Å².